The normalized spacial score (nSPS) is 13.2. The molecule has 154 valence electrons. The summed E-state index contributed by atoms with van der Waals surface area (Å²) in [5.74, 6) is -0.0707. The Morgan fingerprint density at radius 1 is 0.967 bits per heavy atom. The highest BCUT2D eigenvalue weighted by molar-refractivity contribution is 7.92. The van der Waals surface area contributed by atoms with Crippen LogP contribution in [0.5, 0.6) is 0 Å². The SMILES string of the molecule is Cc1ccc(S(=O)(=O)N(C)c2ccc(C(=O)N3CCc4ccccc43)cc2C)cc1. The number of sulfonamides is 1. The van der Waals surface area contributed by atoms with Crippen LogP contribution in [0.4, 0.5) is 11.4 Å². The van der Waals surface area contributed by atoms with Crippen LogP contribution in [0.25, 0.3) is 0 Å². The van der Waals surface area contributed by atoms with Crippen LogP contribution in [0.3, 0.4) is 0 Å². The van der Waals surface area contributed by atoms with Gasteiger partial charge in [0.25, 0.3) is 15.9 Å². The second-order valence-electron chi connectivity index (χ2n) is 7.62. The van der Waals surface area contributed by atoms with Crippen molar-refractivity contribution in [2.75, 3.05) is 22.8 Å². The van der Waals surface area contributed by atoms with Gasteiger partial charge in [0.2, 0.25) is 0 Å². The number of hydrogen-bond donors (Lipinski definition) is 0. The summed E-state index contributed by atoms with van der Waals surface area (Å²) in [7, 11) is -2.14. The van der Waals surface area contributed by atoms with Crippen molar-refractivity contribution in [3.05, 3.63) is 89.0 Å². The van der Waals surface area contributed by atoms with Crippen molar-refractivity contribution in [1.82, 2.24) is 0 Å². The third-order valence-electron chi connectivity index (χ3n) is 5.59. The first-order valence-electron chi connectivity index (χ1n) is 9.85. The molecule has 0 radical (unpaired) electrons. The van der Waals surface area contributed by atoms with E-state index in [0.717, 1.165) is 23.2 Å². The number of benzene rings is 3. The van der Waals surface area contributed by atoms with Crippen molar-refractivity contribution in [1.29, 1.82) is 0 Å². The summed E-state index contributed by atoms with van der Waals surface area (Å²) in [6, 6.07) is 19.9. The summed E-state index contributed by atoms with van der Waals surface area (Å²) in [4.78, 5) is 15.1. The van der Waals surface area contributed by atoms with E-state index in [4.69, 9.17) is 0 Å². The molecule has 0 aliphatic carbocycles. The molecule has 3 aromatic carbocycles. The monoisotopic (exact) mass is 420 g/mol. The van der Waals surface area contributed by atoms with Crippen LogP contribution in [0.2, 0.25) is 0 Å². The molecular formula is C24H24N2O3S. The summed E-state index contributed by atoms with van der Waals surface area (Å²) >= 11 is 0. The molecule has 1 aliphatic rings. The van der Waals surface area contributed by atoms with Gasteiger partial charge in [0.05, 0.1) is 10.6 Å². The lowest BCUT2D eigenvalue weighted by Gasteiger charge is -2.23. The van der Waals surface area contributed by atoms with Crippen LogP contribution in [-0.4, -0.2) is 27.9 Å². The Labute approximate surface area is 177 Å². The third kappa shape index (κ3) is 3.48. The number of carbonyl (C=O) groups excluding carboxylic acids is 1. The van der Waals surface area contributed by atoms with E-state index in [9.17, 15) is 13.2 Å². The Bertz CT molecular complexity index is 1220. The zero-order chi connectivity index (χ0) is 21.5. The number of fused-ring (bicyclic) bond motifs is 1. The van der Waals surface area contributed by atoms with Crippen LogP contribution < -0.4 is 9.21 Å². The van der Waals surface area contributed by atoms with Gasteiger partial charge in [0.1, 0.15) is 0 Å². The number of nitrogens with zero attached hydrogens (tertiary/aromatic N) is 2. The lowest BCUT2D eigenvalue weighted by Crippen LogP contribution is -2.30. The fourth-order valence-corrected chi connectivity index (χ4v) is 5.10. The summed E-state index contributed by atoms with van der Waals surface area (Å²) in [5.41, 5.74) is 4.94. The van der Waals surface area contributed by atoms with E-state index in [-0.39, 0.29) is 10.8 Å². The number of carbonyl (C=O) groups is 1. The minimum atomic E-state index is -3.68. The van der Waals surface area contributed by atoms with Crippen molar-refractivity contribution < 1.29 is 13.2 Å². The topological polar surface area (TPSA) is 57.7 Å². The van der Waals surface area contributed by atoms with E-state index in [2.05, 4.69) is 0 Å². The number of anilines is 2. The molecule has 0 saturated carbocycles. The maximum atomic E-state index is 13.1. The number of aryl methyl sites for hydroxylation is 2. The fourth-order valence-electron chi connectivity index (χ4n) is 3.84. The molecule has 6 heteroatoms. The molecule has 1 aliphatic heterocycles. The minimum absolute atomic E-state index is 0.0707. The van der Waals surface area contributed by atoms with Crippen LogP contribution >= 0.6 is 0 Å². The number of para-hydroxylation sites is 1. The Morgan fingerprint density at radius 2 is 1.67 bits per heavy atom. The molecule has 1 amide bonds. The summed E-state index contributed by atoms with van der Waals surface area (Å²) in [6.07, 6.45) is 0.844. The molecule has 0 spiro atoms. The van der Waals surface area contributed by atoms with Gasteiger partial charge in [-0.05, 0) is 67.8 Å². The second-order valence-corrected chi connectivity index (χ2v) is 9.59. The smallest absolute Gasteiger partial charge is 0.264 e. The van der Waals surface area contributed by atoms with Gasteiger partial charge in [0, 0.05) is 24.8 Å². The van der Waals surface area contributed by atoms with Gasteiger partial charge in [-0.25, -0.2) is 8.42 Å². The Hall–Kier alpha value is -3.12. The molecule has 0 saturated heterocycles. The van der Waals surface area contributed by atoms with Gasteiger partial charge in [-0.1, -0.05) is 35.9 Å². The predicted molar refractivity (Wildman–Crippen MR) is 120 cm³/mol. The average molecular weight is 421 g/mol. The van der Waals surface area contributed by atoms with Crippen molar-refractivity contribution in [2.24, 2.45) is 0 Å². The first-order chi connectivity index (χ1) is 14.3. The van der Waals surface area contributed by atoms with Crippen LogP contribution in [0.1, 0.15) is 27.0 Å². The van der Waals surface area contributed by atoms with Crippen LogP contribution in [0, 0.1) is 13.8 Å². The first-order valence-corrected chi connectivity index (χ1v) is 11.3. The molecule has 0 fully saturated rings. The number of amides is 1. The van der Waals surface area contributed by atoms with E-state index >= 15 is 0 Å². The third-order valence-corrected chi connectivity index (χ3v) is 7.38. The largest absolute Gasteiger partial charge is 0.308 e. The van der Waals surface area contributed by atoms with Gasteiger partial charge in [-0.3, -0.25) is 9.10 Å². The molecule has 3 aromatic rings. The maximum absolute atomic E-state index is 13.1. The fraction of sp³-hybridized carbons (Fsp3) is 0.208. The minimum Gasteiger partial charge on any atom is -0.308 e. The Balaban J connectivity index is 1.62. The van der Waals surface area contributed by atoms with E-state index in [1.807, 2.05) is 38.1 Å². The van der Waals surface area contributed by atoms with Crippen LogP contribution in [0.15, 0.2) is 71.6 Å². The van der Waals surface area contributed by atoms with Gasteiger partial charge in [-0.2, -0.15) is 0 Å². The zero-order valence-electron chi connectivity index (χ0n) is 17.3. The van der Waals surface area contributed by atoms with Crippen LogP contribution in [-0.2, 0) is 16.4 Å². The van der Waals surface area contributed by atoms with E-state index in [1.165, 1.54) is 16.9 Å². The number of rotatable bonds is 4. The predicted octanol–water partition coefficient (Wildman–Crippen LogP) is 4.33. The number of hydrogen-bond acceptors (Lipinski definition) is 3. The highest BCUT2D eigenvalue weighted by Crippen LogP contribution is 2.31. The summed E-state index contributed by atoms with van der Waals surface area (Å²) in [5, 5.41) is 0. The van der Waals surface area contributed by atoms with Crippen molar-refractivity contribution in [3.63, 3.8) is 0 Å². The second kappa shape index (κ2) is 7.61. The summed E-state index contributed by atoms with van der Waals surface area (Å²) < 4.78 is 27.3. The molecule has 30 heavy (non-hydrogen) atoms. The summed E-state index contributed by atoms with van der Waals surface area (Å²) in [6.45, 7) is 4.39. The van der Waals surface area contributed by atoms with E-state index in [0.29, 0.717) is 17.8 Å². The average Bonchev–Trinajstić information content (AvgIpc) is 3.17. The van der Waals surface area contributed by atoms with Gasteiger partial charge < -0.3 is 4.90 Å². The lowest BCUT2D eigenvalue weighted by molar-refractivity contribution is 0.0989. The lowest BCUT2D eigenvalue weighted by atomic mass is 10.1. The standard InChI is InChI=1S/C24H24N2O3S/c1-17-8-11-21(12-9-17)30(28,29)25(3)22-13-10-20(16-18(22)2)24(27)26-15-14-19-6-4-5-7-23(19)26/h4-13,16H,14-15H2,1-3H3. The van der Waals surface area contributed by atoms with Crippen molar-refractivity contribution >= 4 is 27.3 Å². The molecule has 0 atom stereocenters. The van der Waals surface area contributed by atoms with E-state index < -0.39 is 10.0 Å². The van der Waals surface area contributed by atoms with Gasteiger partial charge in [-0.15, -0.1) is 0 Å². The first kappa shape index (κ1) is 20.2. The molecule has 5 nitrogen and oxygen atoms in total. The maximum Gasteiger partial charge on any atom is 0.264 e. The highest BCUT2D eigenvalue weighted by atomic mass is 32.2. The molecule has 0 aromatic heterocycles. The van der Waals surface area contributed by atoms with Gasteiger partial charge >= 0.3 is 0 Å². The van der Waals surface area contributed by atoms with Crippen molar-refractivity contribution in [3.8, 4) is 0 Å². The highest BCUT2D eigenvalue weighted by Gasteiger charge is 2.27. The molecule has 0 unspecified atom stereocenters. The zero-order valence-corrected chi connectivity index (χ0v) is 18.1. The quantitative estimate of drug-likeness (QED) is 0.631. The molecule has 1 heterocycles. The molecule has 4 rings (SSSR count). The Morgan fingerprint density at radius 3 is 2.37 bits per heavy atom. The molecule has 0 bridgehead atoms. The van der Waals surface area contributed by atoms with Crippen molar-refractivity contribution in [2.45, 2.75) is 25.2 Å². The van der Waals surface area contributed by atoms with Gasteiger partial charge in [0.15, 0.2) is 0 Å². The molecule has 0 N–H and O–H groups in total. The Kier molecular flexibility index (Phi) is 5.12. The van der Waals surface area contributed by atoms with E-state index in [1.54, 1.807) is 47.4 Å². The molecular weight excluding hydrogens is 396 g/mol.